The monoisotopic (exact) mass is 238 g/mol. The first kappa shape index (κ1) is 12.3. The fourth-order valence-electron chi connectivity index (χ4n) is 0.894. The Morgan fingerprint density at radius 3 is 2.25 bits per heavy atom. The van der Waals surface area contributed by atoms with E-state index in [2.05, 4.69) is 17.4 Å². The largest absolute Gasteiger partial charge is 0.269 e. The standard InChI is InChI=1S/C11H11ClN2O2/c1-7(2)10(15)13-14-11(16)8-3-5-9(12)6-4-8/h3-6H,1H2,2H3,(H,13,15)(H,14,16). The Balaban J connectivity index is 2.56. The lowest BCUT2D eigenvalue weighted by Crippen LogP contribution is -2.41. The summed E-state index contributed by atoms with van der Waals surface area (Å²) >= 11 is 5.67. The maximum Gasteiger partial charge on any atom is 0.269 e. The molecule has 0 atom stereocenters. The number of carbonyl (C=O) groups excluding carboxylic acids is 2. The average molecular weight is 239 g/mol. The second kappa shape index (κ2) is 5.32. The summed E-state index contributed by atoms with van der Waals surface area (Å²) in [7, 11) is 0. The highest BCUT2D eigenvalue weighted by molar-refractivity contribution is 6.30. The van der Waals surface area contributed by atoms with E-state index >= 15 is 0 Å². The molecule has 0 aliphatic heterocycles. The van der Waals surface area contributed by atoms with Gasteiger partial charge in [-0.05, 0) is 31.2 Å². The Hall–Kier alpha value is -1.81. The Morgan fingerprint density at radius 2 is 1.75 bits per heavy atom. The lowest BCUT2D eigenvalue weighted by molar-refractivity contribution is -0.118. The number of benzene rings is 1. The number of hydrogen-bond acceptors (Lipinski definition) is 2. The molecule has 0 fully saturated rings. The Labute approximate surface area is 98.3 Å². The number of nitrogens with one attached hydrogen (secondary N) is 2. The van der Waals surface area contributed by atoms with Crippen LogP contribution in [0, 0.1) is 0 Å². The van der Waals surface area contributed by atoms with Crippen molar-refractivity contribution in [2.45, 2.75) is 6.92 Å². The second-order valence-electron chi connectivity index (χ2n) is 3.20. The van der Waals surface area contributed by atoms with Gasteiger partial charge in [0.05, 0.1) is 0 Å². The zero-order valence-corrected chi connectivity index (χ0v) is 9.47. The molecule has 2 amide bonds. The molecule has 16 heavy (non-hydrogen) atoms. The van der Waals surface area contributed by atoms with Crippen molar-refractivity contribution in [3.05, 3.63) is 47.0 Å². The highest BCUT2D eigenvalue weighted by Crippen LogP contribution is 2.08. The minimum atomic E-state index is -0.428. The molecule has 0 bridgehead atoms. The Bertz CT molecular complexity index is 426. The van der Waals surface area contributed by atoms with Crippen molar-refractivity contribution in [2.75, 3.05) is 0 Å². The molecule has 0 aliphatic rings. The molecule has 0 saturated heterocycles. The molecule has 0 aromatic heterocycles. The molecule has 84 valence electrons. The molecule has 1 aromatic rings. The molecule has 2 N–H and O–H groups in total. The fraction of sp³-hybridized carbons (Fsp3) is 0.0909. The van der Waals surface area contributed by atoms with Gasteiger partial charge in [-0.25, -0.2) is 0 Å². The van der Waals surface area contributed by atoms with Gasteiger partial charge < -0.3 is 0 Å². The van der Waals surface area contributed by atoms with Gasteiger partial charge in [-0.2, -0.15) is 0 Å². The van der Waals surface area contributed by atoms with Crippen molar-refractivity contribution in [2.24, 2.45) is 0 Å². The molecule has 5 heteroatoms. The average Bonchev–Trinajstić information content (AvgIpc) is 2.26. The number of rotatable bonds is 2. The van der Waals surface area contributed by atoms with Crippen LogP contribution in [0.1, 0.15) is 17.3 Å². The smallest absolute Gasteiger partial charge is 0.268 e. The van der Waals surface area contributed by atoms with Crippen LogP contribution >= 0.6 is 11.6 Å². The van der Waals surface area contributed by atoms with E-state index in [0.717, 1.165) is 0 Å². The van der Waals surface area contributed by atoms with Crippen molar-refractivity contribution in [1.29, 1.82) is 0 Å². The highest BCUT2D eigenvalue weighted by atomic mass is 35.5. The third-order valence-corrected chi connectivity index (χ3v) is 2.04. The van der Waals surface area contributed by atoms with E-state index in [4.69, 9.17) is 11.6 Å². The summed E-state index contributed by atoms with van der Waals surface area (Å²) in [6.07, 6.45) is 0. The van der Waals surface area contributed by atoms with E-state index in [9.17, 15) is 9.59 Å². The predicted octanol–water partition coefficient (Wildman–Crippen LogP) is 1.68. The van der Waals surface area contributed by atoms with Gasteiger partial charge in [-0.3, -0.25) is 20.4 Å². The third kappa shape index (κ3) is 3.40. The number of hydrogen-bond donors (Lipinski definition) is 2. The van der Waals surface area contributed by atoms with Gasteiger partial charge in [0, 0.05) is 16.2 Å². The van der Waals surface area contributed by atoms with E-state index in [-0.39, 0.29) is 0 Å². The number of amides is 2. The summed E-state index contributed by atoms with van der Waals surface area (Å²) in [5.41, 5.74) is 5.21. The lowest BCUT2D eigenvalue weighted by Gasteiger charge is -2.06. The topological polar surface area (TPSA) is 58.2 Å². The Morgan fingerprint density at radius 1 is 1.19 bits per heavy atom. The van der Waals surface area contributed by atoms with Gasteiger partial charge in [0.25, 0.3) is 11.8 Å². The first-order valence-corrected chi connectivity index (χ1v) is 4.90. The summed E-state index contributed by atoms with van der Waals surface area (Å²) in [5, 5.41) is 0.544. The van der Waals surface area contributed by atoms with Crippen LogP contribution in [0.4, 0.5) is 0 Å². The molecule has 4 nitrogen and oxygen atoms in total. The van der Waals surface area contributed by atoms with Gasteiger partial charge in [0.15, 0.2) is 0 Å². The molecule has 0 heterocycles. The van der Waals surface area contributed by atoms with E-state index in [0.29, 0.717) is 16.2 Å². The highest BCUT2D eigenvalue weighted by Gasteiger charge is 2.06. The first-order valence-electron chi connectivity index (χ1n) is 4.52. The van der Waals surface area contributed by atoms with Crippen LogP contribution in [0.25, 0.3) is 0 Å². The normalized spacial score (nSPS) is 9.38. The van der Waals surface area contributed by atoms with E-state index in [1.807, 2.05) is 0 Å². The van der Waals surface area contributed by atoms with Crippen LogP contribution in [0.15, 0.2) is 36.4 Å². The maximum atomic E-state index is 11.5. The second-order valence-corrected chi connectivity index (χ2v) is 3.63. The molecule has 0 aliphatic carbocycles. The maximum absolute atomic E-state index is 11.5. The van der Waals surface area contributed by atoms with E-state index in [1.165, 1.54) is 0 Å². The van der Waals surface area contributed by atoms with Gasteiger partial charge in [-0.1, -0.05) is 18.2 Å². The van der Waals surface area contributed by atoms with Gasteiger partial charge in [-0.15, -0.1) is 0 Å². The third-order valence-electron chi connectivity index (χ3n) is 1.78. The predicted molar refractivity (Wildman–Crippen MR) is 61.9 cm³/mol. The van der Waals surface area contributed by atoms with Crippen LogP contribution in [0.2, 0.25) is 5.02 Å². The summed E-state index contributed by atoms with van der Waals surface area (Å²) in [6, 6.07) is 6.31. The van der Waals surface area contributed by atoms with Gasteiger partial charge in [0.1, 0.15) is 0 Å². The zero-order valence-electron chi connectivity index (χ0n) is 8.71. The van der Waals surface area contributed by atoms with Crippen molar-refractivity contribution < 1.29 is 9.59 Å². The van der Waals surface area contributed by atoms with Crippen molar-refractivity contribution in [3.63, 3.8) is 0 Å². The first-order chi connectivity index (χ1) is 7.50. The summed E-state index contributed by atoms with van der Waals surface area (Å²) in [6.45, 7) is 4.98. The van der Waals surface area contributed by atoms with Crippen LogP contribution < -0.4 is 10.9 Å². The van der Waals surface area contributed by atoms with Gasteiger partial charge >= 0.3 is 0 Å². The van der Waals surface area contributed by atoms with Crippen LogP contribution in [0.3, 0.4) is 0 Å². The van der Waals surface area contributed by atoms with Crippen LogP contribution in [-0.4, -0.2) is 11.8 Å². The molecule has 0 saturated carbocycles. The SMILES string of the molecule is C=C(C)C(=O)NNC(=O)c1ccc(Cl)cc1. The molecule has 0 spiro atoms. The Kier molecular flexibility index (Phi) is 4.08. The van der Waals surface area contributed by atoms with Crippen molar-refractivity contribution >= 4 is 23.4 Å². The number of halogens is 1. The zero-order chi connectivity index (χ0) is 12.1. The molecule has 0 unspecified atom stereocenters. The minimum Gasteiger partial charge on any atom is -0.268 e. The summed E-state index contributed by atoms with van der Waals surface area (Å²) in [5.74, 6) is -0.839. The van der Waals surface area contributed by atoms with E-state index < -0.39 is 11.8 Å². The van der Waals surface area contributed by atoms with Crippen molar-refractivity contribution in [1.82, 2.24) is 10.9 Å². The summed E-state index contributed by atoms with van der Waals surface area (Å²) in [4.78, 5) is 22.6. The van der Waals surface area contributed by atoms with Crippen LogP contribution in [0.5, 0.6) is 0 Å². The fourth-order valence-corrected chi connectivity index (χ4v) is 1.02. The number of hydrazine groups is 1. The molecule has 0 radical (unpaired) electrons. The molecule has 1 aromatic carbocycles. The minimum absolute atomic E-state index is 0.316. The molecular weight excluding hydrogens is 228 g/mol. The van der Waals surface area contributed by atoms with Gasteiger partial charge in [0.2, 0.25) is 0 Å². The summed E-state index contributed by atoms with van der Waals surface area (Å²) < 4.78 is 0. The van der Waals surface area contributed by atoms with E-state index in [1.54, 1.807) is 31.2 Å². The molecule has 1 rings (SSSR count). The van der Waals surface area contributed by atoms with Crippen LogP contribution in [-0.2, 0) is 4.79 Å². The quantitative estimate of drug-likeness (QED) is 0.608. The number of carbonyl (C=O) groups is 2. The molecular formula is C11H11ClN2O2. The van der Waals surface area contributed by atoms with Crippen molar-refractivity contribution in [3.8, 4) is 0 Å². The lowest BCUT2D eigenvalue weighted by atomic mass is 10.2.